The molecule has 3 atom stereocenters. The number of hydrogen-bond acceptors (Lipinski definition) is 9. The summed E-state index contributed by atoms with van der Waals surface area (Å²) >= 11 is 0. The topological polar surface area (TPSA) is 188 Å². The van der Waals surface area contributed by atoms with Crippen LogP contribution < -0.4 is 16.2 Å². The molecule has 0 aliphatic rings. The summed E-state index contributed by atoms with van der Waals surface area (Å²) in [4.78, 5) is 36.2. The van der Waals surface area contributed by atoms with E-state index in [1.165, 1.54) is 42.7 Å². The maximum absolute atomic E-state index is 12.9. The lowest BCUT2D eigenvalue weighted by Crippen LogP contribution is -2.99. The number of aromatic nitrogens is 3. The van der Waals surface area contributed by atoms with Gasteiger partial charge in [-0.15, -0.1) is 0 Å². The Morgan fingerprint density at radius 3 is 2.39 bits per heavy atom. The molecule has 3 unspecified atom stereocenters. The zero-order chi connectivity index (χ0) is 25.8. The Morgan fingerprint density at radius 2 is 1.75 bits per heavy atom. The molecule has 2 aromatic carbocycles. The van der Waals surface area contributed by atoms with Gasteiger partial charge >= 0.3 is 0 Å². The number of pyridine rings is 1. The summed E-state index contributed by atoms with van der Waals surface area (Å²) in [7, 11) is 0. The van der Waals surface area contributed by atoms with Gasteiger partial charge in [0.05, 0.1) is 17.1 Å². The number of amides is 1. The van der Waals surface area contributed by atoms with Crippen LogP contribution in [0.15, 0.2) is 76.9 Å². The highest BCUT2D eigenvalue weighted by atomic mass is 16.8. The Bertz CT molecular complexity index is 1470. The summed E-state index contributed by atoms with van der Waals surface area (Å²) in [6, 6.07) is 13.3. The molecule has 0 saturated carbocycles. The van der Waals surface area contributed by atoms with Crippen molar-refractivity contribution in [2.24, 2.45) is 5.10 Å². The number of carbonyl (C=O) groups is 1. The summed E-state index contributed by atoms with van der Waals surface area (Å²) in [5.74, 6) is -0.602. The van der Waals surface area contributed by atoms with E-state index < -0.39 is 28.9 Å². The van der Waals surface area contributed by atoms with Gasteiger partial charge in [0.25, 0.3) is 11.5 Å². The van der Waals surface area contributed by atoms with Gasteiger partial charge < -0.3 is 20.4 Å². The highest BCUT2D eigenvalue weighted by molar-refractivity contribution is 6.04. The average molecular weight is 490 g/mol. The fourth-order valence-corrected chi connectivity index (χ4v) is 3.43. The zero-order valence-electron chi connectivity index (χ0n) is 18.9. The van der Waals surface area contributed by atoms with Crippen LogP contribution in [0.3, 0.4) is 0 Å². The molecular weight excluding hydrogens is 468 g/mol. The lowest BCUT2D eigenvalue weighted by atomic mass is 10.00. The van der Waals surface area contributed by atoms with Crippen LogP contribution in [0.2, 0.25) is 0 Å². The van der Waals surface area contributed by atoms with Crippen LogP contribution in [0.5, 0.6) is 0 Å². The number of benzene rings is 2. The van der Waals surface area contributed by atoms with Crippen molar-refractivity contribution in [2.75, 3.05) is 0 Å². The van der Waals surface area contributed by atoms with E-state index in [1.54, 1.807) is 31.2 Å². The molecule has 0 bridgehead atoms. The van der Waals surface area contributed by atoms with E-state index in [4.69, 9.17) is 0 Å². The monoisotopic (exact) mass is 490 g/mol. The Kier molecular flexibility index (Phi) is 7.24. The first-order chi connectivity index (χ1) is 17.2. The van der Waals surface area contributed by atoms with Crippen molar-refractivity contribution in [2.45, 2.75) is 19.1 Å². The van der Waals surface area contributed by atoms with Gasteiger partial charge in [0.1, 0.15) is 11.8 Å². The Morgan fingerprint density at radius 1 is 1.08 bits per heavy atom. The van der Waals surface area contributed by atoms with Crippen molar-refractivity contribution in [3.8, 4) is 0 Å². The fraction of sp³-hybridized carbons (Fsp3) is 0.125. The standard InChI is InChI=1S/C24H22N6O6/c1-13(31)14-2-4-15(5-3-14)22(32)20(28-29-23(33)16-8-10-25-11-9-16)21-24(34)27-19-12-17(30(35)36)6-7-18(19)26-21/h2-13,22,30-32,35H,1H3,(H,27,34)(H,29,33)/b28-20-. The smallest absolute Gasteiger partial charge is 0.276 e. The van der Waals surface area contributed by atoms with E-state index >= 15 is 0 Å². The fourth-order valence-electron chi connectivity index (χ4n) is 3.43. The molecule has 4 aromatic rings. The number of quaternary nitrogens is 1. The Hall–Kier alpha value is -4.33. The van der Waals surface area contributed by atoms with Crippen LogP contribution in [0.4, 0.5) is 5.69 Å². The van der Waals surface area contributed by atoms with E-state index in [-0.39, 0.29) is 33.7 Å². The third-order valence-corrected chi connectivity index (χ3v) is 5.40. The van der Waals surface area contributed by atoms with Gasteiger partial charge in [0, 0.05) is 30.1 Å². The van der Waals surface area contributed by atoms with Crippen LogP contribution in [0, 0.1) is 5.21 Å². The summed E-state index contributed by atoms with van der Waals surface area (Å²) in [6.07, 6.45) is 0.665. The van der Waals surface area contributed by atoms with Gasteiger partial charge in [-0.1, -0.05) is 24.3 Å². The molecule has 0 saturated heterocycles. The minimum absolute atomic E-state index is 0.0376. The highest BCUT2D eigenvalue weighted by Gasteiger charge is 2.23. The van der Waals surface area contributed by atoms with Crippen LogP contribution in [-0.4, -0.2) is 42.0 Å². The summed E-state index contributed by atoms with van der Waals surface area (Å²) in [5.41, 5.74) is 2.66. The van der Waals surface area contributed by atoms with Gasteiger partial charge in [0.2, 0.25) is 0 Å². The molecule has 0 aliphatic carbocycles. The van der Waals surface area contributed by atoms with Gasteiger partial charge in [-0.3, -0.25) is 14.6 Å². The van der Waals surface area contributed by atoms with Crippen LogP contribution >= 0.6 is 0 Å². The molecule has 0 fully saturated rings. The van der Waals surface area contributed by atoms with Crippen LogP contribution in [0.25, 0.3) is 11.0 Å². The minimum atomic E-state index is -1.48. The maximum Gasteiger partial charge on any atom is 0.276 e. The molecule has 6 N–H and O–H groups in total. The molecule has 0 radical (unpaired) electrons. The Labute approximate surface area is 203 Å². The third kappa shape index (κ3) is 5.33. The minimum Gasteiger partial charge on any atom is -0.595 e. The quantitative estimate of drug-likeness (QED) is 0.161. The average Bonchev–Trinajstić information content (AvgIpc) is 2.88. The maximum atomic E-state index is 12.9. The van der Waals surface area contributed by atoms with E-state index in [2.05, 4.69) is 25.5 Å². The number of hydrazone groups is 1. The second-order valence-electron chi connectivity index (χ2n) is 7.87. The predicted molar refractivity (Wildman–Crippen MR) is 128 cm³/mol. The number of nitrogens with one attached hydrogen (secondary N) is 3. The third-order valence-electron chi connectivity index (χ3n) is 5.40. The van der Waals surface area contributed by atoms with Gasteiger partial charge in [-0.25, -0.2) is 15.6 Å². The van der Waals surface area contributed by atoms with Gasteiger partial charge in [-0.2, -0.15) is 10.3 Å². The first-order valence-electron chi connectivity index (χ1n) is 10.8. The van der Waals surface area contributed by atoms with E-state index in [0.29, 0.717) is 11.1 Å². The first-order valence-corrected chi connectivity index (χ1v) is 10.8. The summed E-state index contributed by atoms with van der Waals surface area (Å²) < 4.78 is 0. The van der Waals surface area contributed by atoms with Crippen molar-refractivity contribution in [1.29, 1.82) is 0 Å². The zero-order valence-corrected chi connectivity index (χ0v) is 18.9. The number of nitrogens with zero attached hydrogens (tertiary/aromatic N) is 3. The molecule has 2 aromatic heterocycles. The van der Waals surface area contributed by atoms with Crippen molar-refractivity contribution >= 4 is 28.3 Å². The highest BCUT2D eigenvalue weighted by Crippen LogP contribution is 2.21. The van der Waals surface area contributed by atoms with Gasteiger partial charge in [0.15, 0.2) is 11.4 Å². The summed E-state index contributed by atoms with van der Waals surface area (Å²) in [6.45, 7) is 1.60. The second kappa shape index (κ2) is 10.5. The van der Waals surface area contributed by atoms with Crippen molar-refractivity contribution in [3.63, 3.8) is 0 Å². The largest absolute Gasteiger partial charge is 0.595 e. The number of carbonyl (C=O) groups excluding carboxylic acids is 1. The number of fused-ring (bicyclic) bond motifs is 1. The number of aromatic amines is 1. The molecule has 2 heterocycles. The second-order valence-corrected chi connectivity index (χ2v) is 7.87. The molecule has 36 heavy (non-hydrogen) atoms. The SMILES string of the molecule is CC(O)c1ccc(C(O)/C(=N\NC(=O)c2ccncc2)c2nc3ccc([NH+]([O-])O)cc3[nH]c2=O)cc1. The number of aliphatic hydroxyl groups is 2. The molecule has 0 aliphatic heterocycles. The lowest BCUT2D eigenvalue weighted by Gasteiger charge is -2.16. The molecule has 12 heteroatoms. The molecule has 184 valence electrons. The number of H-pyrrole nitrogens is 1. The van der Waals surface area contributed by atoms with Gasteiger partial charge in [-0.05, 0) is 36.2 Å². The molecule has 1 amide bonds. The van der Waals surface area contributed by atoms with Crippen LogP contribution in [0.1, 0.15) is 46.3 Å². The predicted octanol–water partition coefficient (Wildman–Crippen LogP) is 0.643. The first kappa shape index (κ1) is 24.8. The number of aliphatic hydroxyl groups excluding tert-OH is 2. The summed E-state index contributed by atoms with van der Waals surface area (Å²) in [5, 5.41) is 44.2. The normalized spacial score (nSPS) is 14.3. The van der Waals surface area contributed by atoms with Crippen molar-refractivity contribution in [1.82, 2.24) is 20.4 Å². The molecular formula is C24H22N6O6. The van der Waals surface area contributed by atoms with E-state index in [0.717, 1.165) is 0 Å². The van der Waals surface area contributed by atoms with Crippen molar-refractivity contribution in [3.05, 3.63) is 105 Å². The van der Waals surface area contributed by atoms with E-state index in [9.17, 15) is 30.2 Å². The molecule has 4 rings (SSSR count). The van der Waals surface area contributed by atoms with E-state index in [1.807, 2.05) is 0 Å². The number of hydrogen-bond donors (Lipinski definition) is 6. The lowest BCUT2D eigenvalue weighted by molar-refractivity contribution is -0.991. The molecule has 12 nitrogen and oxygen atoms in total. The van der Waals surface area contributed by atoms with Crippen LogP contribution in [-0.2, 0) is 0 Å². The molecule has 0 spiro atoms. The van der Waals surface area contributed by atoms with Crippen molar-refractivity contribution < 1.29 is 25.4 Å². The number of rotatable bonds is 7. The Balaban J connectivity index is 1.78.